The normalized spacial score (nSPS) is 18.0. The van der Waals surface area contributed by atoms with Crippen molar-refractivity contribution >= 4 is 24.0 Å². The van der Waals surface area contributed by atoms with Crippen LogP contribution in [0.25, 0.3) is 16.9 Å². The number of nitrogens with one attached hydrogen (secondary N) is 1. The van der Waals surface area contributed by atoms with Crippen LogP contribution in [0.15, 0.2) is 79.1 Å². The molecule has 0 aliphatic carbocycles. The van der Waals surface area contributed by atoms with Crippen LogP contribution < -0.4 is 5.32 Å². The maximum Gasteiger partial charge on any atom is 0.509 e. The summed E-state index contributed by atoms with van der Waals surface area (Å²) in [6, 6.07) is 18.5. The zero-order valence-electron chi connectivity index (χ0n) is 27.9. The summed E-state index contributed by atoms with van der Waals surface area (Å²) >= 11 is 0. The molecule has 0 unspecified atom stereocenters. The van der Waals surface area contributed by atoms with Gasteiger partial charge < -0.3 is 28.7 Å². The van der Waals surface area contributed by atoms with Gasteiger partial charge in [-0.05, 0) is 83.4 Å². The van der Waals surface area contributed by atoms with Crippen molar-refractivity contribution in [3.05, 3.63) is 96.1 Å². The van der Waals surface area contributed by atoms with Crippen molar-refractivity contribution in [2.75, 3.05) is 6.54 Å². The van der Waals surface area contributed by atoms with Crippen LogP contribution in [0.1, 0.15) is 52.7 Å². The molecular formula is C36H41FN4O7. The minimum Gasteiger partial charge on any atom is -0.444 e. The monoisotopic (exact) mass is 660 g/mol. The quantitative estimate of drug-likeness (QED) is 0.168. The lowest BCUT2D eigenvalue weighted by molar-refractivity contribution is -0.0518. The third-order valence-corrected chi connectivity index (χ3v) is 7.42. The van der Waals surface area contributed by atoms with Crippen molar-refractivity contribution in [2.24, 2.45) is 0 Å². The SMILES string of the molecule is CC(C)(C)OC(=O)O[C@H]1CN(C(=O)OC(C)(C)C)[C@H](Cc2ccc(-c3cn4ccccc4n3)cc2)[C@@H]1OC(=O)NCc1cccc(F)c1. The summed E-state index contributed by atoms with van der Waals surface area (Å²) in [7, 11) is 0. The molecule has 2 amide bonds. The van der Waals surface area contributed by atoms with E-state index >= 15 is 0 Å². The number of ether oxygens (including phenoxy) is 4. The number of fused-ring (bicyclic) bond motifs is 1. The second-order valence-electron chi connectivity index (χ2n) is 13.7. The maximum atomic E-state index is 13.7. The summed E-state index contributed by atoms with van der Waals surface area (Å²) in [4.78, 5) is 45.6. The first kappa shape index (κ1) is 34.2. The molecule has 1 aliphatic rings. The summed E-state index contributed by atoms with van der Waals surface area (Å²) in [6.07, 6.45) is -0.529. The van der Waals surface area contributed by atoms with E-state index in [9.17, 15) is 18.8 Å². The van der Waals surface area contributed by atoms with Crippen LogP contribution in [-0.2, 0) is 31.9 Å². The minimum absolute atomic E-state index is 0.00807. The molecule has 2 aromatic carbocycles. The Labute approximate surface area is 278 Å². The number of hydrogen-bond acceptors (Lipinski definition) is 8. The molecule has 0 saturated carbocycles. The molecule has 1 fully saturated rings. The molecule has 1 N–H and O–H groups in total. The van der Waals surface area contributed by atoms with Gasteiger partial charge in [-0.1, -0.05) is 42.5 Å². The average molecular weight is 661 g/mol. The van der Waals surface area contributed by atoms with Crippen LogP contribution in [0, 0.1) is 5.82 Å². The number of likely N-dealkylation sites (tertiary alicyclic amines) is 1. The highest BCUT2D eigenvalue weighted by Crippen LogP contribution is 2.31. The van der Waals surface area contributed by atoms with Gasteiger partial charge in [0.1, 0.15) is 22.7 Å². The summed E-state index contributed by atoms with van der Waals surface area (Å²) < 4.78 is 38.3. The molecule has 0 bridgehead atoms. The lowest BCUT2D eigenvalue weighted by Crippen LogP contribution is -2.46. The lowest BCUT2D eigenvalue weighted by atomic mass is 9.99. The largest absolute Gasteiger partial charge is 0.509 e. The molecule has 11 nitrogen and oxygen atoms in total. The number of rotatable bonds is 7. The Morgan fingerprint density at radius 2 is 1.62 bits per heavy atom. The molecule has 3 heterocycles. The second-order valence-corrected chi connectivity index (χ2v) is 13.7. The van der Waals surface area contributed by atoms with E-state index in [4.69, 9.17) is 18.9 Å². The highest BCUT2D eigenvalue weighted by molar-refractivity contribution is 5.71. The van der Waals surface area contributed by atoms with Gasteiger partial charge >= 0.3 is 18.3 Å². The fraction of sp³-hybridized carbons (Fsp3) is 0.389. The van der Waals surface area contributed by atoms with Crippen LogP contribution >= 0.6 is 0 Å². The minimum atomic E-state index is -1.10. The standard InChI is InChI=1S/C36H41FN4O7/c1-35(2,3)47-33(43)41-22-29(45-34(44)48-36(4,5)6)31(46-32(42)38-20-24-10-9-11-26(37)18-24)28(41)19-23-13-15-25(16-14-23)27-21-40-17-8-7-12-30(40)39-27/h7-18,21,28-29,31H,19-20,22H2,1-6H3,(H,38,42)/t28-,29+,31+/m1/s1. The Hall–Kier alpha value is -5.13. The van der Waals surface area contributed by atoms with E-state index in [0.29, 0.717) is 5.56 Å². The molecule has 1 aliphatic heterocycles. The molecule has 12 heteroatoms. The number of carbonyl (C=O) groups excluding carboxylic acids is 3. The Morgan fingerprint density at radius 1 is 0.896 bits per heavy atom. The predicted octanol–water partition coefficient (Wildman–Crippen LogP) is 6.92. The molecular weight excluding hydrogens is 619 g/mol. The van der Waals surface area contributed by atoms with Gasteiger partial charge in [-0.3, -0.25) is 4.90 Å². The van der Waals surface area contributed by atoms with Gasteiger partial charge in [0.05, 0.1) is 18.3 Å². The highest BCUT2D eigenvalue weighted by atomic mass is 19.1. The van der Waals surface area contributed by atoms with Crippen molar-refractivity contribution in [1.29, 1.82) is 0 Å². The molecule has 3 atom stereocenters. The first-order valence-electron chi connectivity index (χ1n) is 15.7. The van der Waals surface area contributed by atoms with E-state index in [1.54, 1.807) is 47.6 Å². The summed E-state index contributed by atoms with van der Waals surface area (Å²) in [5.74, 6) is -0.440. The third-order valence-electron chi connectivity index (χ3n) is 7.42. The number of imidazole rings is 1. The van der Waals surface area contributed by atoms with Crippen LogP contribution in [0.5, 0.6) is 0 Å². The molecule has 4 aromatic rings. The summed E-state index contributed by atoms with van der Waals surface area (Å²) in [5.41, 5.74) is 2.20. The van der Waals surface area contributed by atoms with Crippen molar-refractivity contribution in [3.63, 3.8) is 0 Å². The van der Waals surface area contributed by atoms with E-state index in [-0.39, 0.29) is 19.5 Å². The van der Waals surface area contributed by atoms with E-state index < -0.39 is 53.6 Å². The van der Waals surface area contributed by atoms with Gasteiger partial charge in [-0.25, -0.2) is 23.8 Å². The third kappa shape index (κ3) is 9.02. The van der Waals surface area contributed by atoms with E-state index in [1.165, 1.54) is 23.1 Å². The summed E-state index contributed by atoms with van der Waals surface area (Å²) in [5, 5.41) is 2.63. The van der Waals surface area contributed by atoms with Crippen LogP contribution in [0.3, 0.4) is 0 Å². The molecule has 0 spiro atoms. The van der Waals surface area contributed by atoms with Crippen LogP contribution in [0.2, 0.25) is 0 Å². The van der Waals surface area contributed by atoms with E-state index in [0.717, 1.165) is 22.5 Å². The number of carbonyl (C=O) groups is 3. The summed E-state index contributed by atoms with van der Waals surface area (Å²) in [6.45, 7) is 10.2. The van der Waals surface area contributed by atoms with Crippen molar-refractivity contribution in [1.82, 2.24) is 19.6 Å². The first-order chi connectivity index (χ1) is 22.6. The van der Waals surface area contributed by atoms with Gasteiger partial charge in [-0.2, -0.15) is 0 Å². The fourth-order valence-corrected chi connectivity index (χ4v) is 5.38. The molecule has 2 aromatic heterocycles. The zero-order valence-corrected chi connectivity index (χ0v) is 27.9. The highest BCUT2D eigenvalue weighted by Gasteiger charge is 2.50. The van der Waals surface area contributed by atoms with Gasteiger partial charge in [0, 0.05) is 24.5 Å². The smallest absolute Gasteiger partial charge is 0.444 e. The van der Waals surface area contributed by atoms with Gasteiger partial charge in [-0.15, -0.1) is 0 Å². The van der Waals surface area contributed by atoms with Crippen LogP contribution in [0.4, 0.5) is 18.8 Å². The molecule has 0 radical (unpaired) electrons. The van der Waals surface area contributed by atoms with Gasteiger partial charge in [0.25, 0.3) is 0 Å². The second kappa shape index (κ2) is 13.9. The lowest BCUT2D eigenvalue weighted by Gasteiger charge is -2.30. The zero-order chi connectivity index (χ0) is 34.6. The van der Waals surface area contributed by atoms with Crippen molar-refractivity contribution < 1.29 is 37.7 Å². The average Bonchev–Trinajstić information content (AvgIpc) is 3.56. The number of pyridine rings is 1. The van der Waals surface area contributed by atoms with Crippen LogP contribution in [-0.4, -0.2) is 68.6 Å². The topological polar surface area (TPSA) is 121 Å². The maximum absolute atomic E-state index is 13.7. The molecule has 254 valence electrons. The predicted molar refractivity (Wildman–Crippen MR) is 176 cm³/mol. The van der Waals surface area contributed by atoms with E-state index in [2.05, 4.69) is 10.3 Å². The van der Waals surface area contributed by atoms with Gasteiger partial charge in [0.15, 0.2) is 12.2 Å². The number of aromatic nitrogens is 2. The number of amides is 2. The van der Waals surface area contributed by atoms with Crippen molar-refractivity contribution in [3.8, 4) is 11.3 Å². The van der Waals surface area contributed by atoms with Gasteiger partial charge in [0.2, 0.25) is 0 Å². The number of halogens is 1. The molecule has 5 rings (SSSR count). The molecule has 1 saturated heterocycles. The number of benzene rings is 2. The number of hydrogen-bond donors (Lipinski definition) is 1. The number of nitrogens with zero attached hydrogens (tertiary/aromatic N) is 3. The molecule has 48 heavy (non-hydrogen) atoms. The Balaban J connectivity index is 1.41. The Morgan fingerprint density at radius 3 is 2.29 bits per heavy atom. The Bertz CT molecular complexity index is 1730. The first-order valence-corrected chi connectivity index (χ1v) is 15.7. The van der Waals surface area contributed by atoms with E-state index in [1.807, 2.05) is 59.3 Å². The fourth-order valence-electron chi connectivity index (χ4n) is 5.38. The Kier molecular flexibility index (Phi) is 9.92. The number of alkyl carbamates (subject to hydrolysis) is 1. The van der Waals surface area contributed by atoms with Crippen molar-refractivity contribution in [2.45, 2.75) is 84.0 Å².